The molecule has 1 saturated carbocycles. The Morgan fingerprint density at radius 2 is 2.03 bits per heavy atom. The van der Waals surface area contributed by atoms with Crippen LogP contribution in [0.5, 0.6) is 0 Å². The van der Waals surface area contributed by atoms with E-state index < -0.39 is 23.5 Å². The van der Waals surface area contributed by atoms with E-state index in [1.54, 1.807) is 11.5 Å². The normalized spacial score (nSPS) is 21.7. The lowest BCUT2D eigenvalue weighted by Crippen LogP contribution is -2.40. The molecule has 2 bridgehead atoms. The summed E-state index contributed by atoms with van der Waals surface area (Å²) in [4.78, 5) is 28.2. The highest BCUT2D eigenvalue weighted by atomic mass is 19.4. The average molecular weight is 485 g/mol. The van der Waals surface area contributed by atoms with Crippen molar-refractivity contribution in [2.75, 3.05) is 6.61 Å². The van der Waals surface area contributed by atoms with Crippen LogP contribution in [-0.4, -0.2) is 37.1 Å². The highest BCUT2D eigenvalue weighted by Crippen LogP contribution is 2.51. The first-order valence-electron chi connectivity index (χ1n) is 11.2. The molecule has 2 atom stereocenters. The molecule has 3 aliphatic carbocycles. The maximum absolute atomic E-state index is 14.9. The van der Waals surface area contributed by atoms with Gasteiger partial charge >= 0.3 is 12.1 Å². The van der Waals surface area contributed by atoms with Gasteiger partial charge in [-0.3, -0.25) is 4.79 Å². The fourth-order valence-electron chi connectivity index (χ4n) is 5.17. The number of halogens is 4. The summed E-state index contributed by atoms with van der Waals surface area (Å²) in [5.41, 5.74) is 1.12. The summed E-state index contributed by atoms with van der Waals surface area (Å²) in [7, 11) is 0. The van der Waals surface area contributed by atoms with Crippen molar-refractivity contribution in [2.45, 2.75) is 32.0 Å². The zero-order chi connectivity index (χ0) is 24.5. The predicted molar refractivity (Wildman–Crippen MR) is 118 cm³/mol. The minimum atomic E-state index is -4.56. The lowest BCUT2D eigenvalue weighted by Gasteiger charge is -2.44. The van der Waals surface area contributed by atoms with Gasteiger partial charge in [-0.2, -0.15) is 13.2 Å². The fourth-order valence-corrected chi connectivity index (χ4v) is 5.17. The van der Waals surface area contributed by atoms with Crippen molar-refractivity contribution < 1.29 is 27.1 Å². The smallest absolute Gasteiger partial charge is 0.417 e. The lowest BCUT2D eigenvalue weighted by molar-refractivity contribution is -0.149. The van der Waals surface area contributed by atoms with E-state index in [1.165, 1.54) is 24.2 Å². The second kappa shape index (κ2) is 7.62. The van der Waals surface area contributed by atoms with Crippen molar-refractivity contribution >= 4 is 28.0 Å². The zero-order valence-corrected chi connectivity index (χ0v) is 18.4. The van der Waals surface area contributed by atoms with Gasteiger partial charge < -0.3 is 14.3 Å². The van der Waals surface area contributed by atoms with Crippen LogP contribution in [0.2, 0.25) is 0 Å². The zero-order valence-electron chi connectivity index (χ0n) is 18.4. The van der Waals surface area contributed by atoms with Gasteiger partial charge in [-0.1, -0.05) is 11.6 Å². The first-order valence-corrected chi connectivity index (χ1v) is 11.2. The summed E-state index contributed by atoms with van der Waals surface area (Å²) < 4.78 is 61.6. The minimum absolute atomic E-state index is 0.123. The molecule has 1 fully saturated rings. The Bertz CT molecular complexity index is 1510. The molecular weight excluding hydrogens is 466 g/mol. The number of allylic oxidation sites excluding steroid dienone is 1. The Morgan fingerprint density at radius 3 is 2.77 bits per heavy atom. The Labute approximate surface area is 195 Å². The topological polar surface area (TPSA) is 85.7 Å². The number of pyridine rings is 1. The molecule has 0 unspecified atom stereocenters. The van der Waals surface area contributed by atoms with E-state index in [1.807, 2.05) is 6.08 Å². The third-order valence-electron chi connectivity index (χ3n) is 6.82. The number of ether oxygens (including phenoxy) is 1. The van der Waals surface area contributed by atoms with Gasteiger partial charge in [-0.15, -0.1) is 0 Å². The van der Waals surface area contributed by atoms with Crippen LogP contribution >= 0.6 is 0 Å². The van der Waals surface area contributed by atoms with E-state index in [0.717, 1.165) is 25.1 Å². The van der Waals surface area contributed by atoms with Gasteiger partial charge in [0.2, 0.25) is 0 Å². The number of aromatic nitrogens is 5. The summed E-state index contributed by atoms with van der Waals surface area (Å²) in [6, 6.07) is 0.600. The molecule has 3 aliphatic rings. The van der Waals surface area contributed by atoms with Crippen LogP contribution in [0.15, 0.2) is 42.5 Å². The van der Waals surface area contributed by atoms with Crippen LogP contribution in [0.3, 0.4) is 0 Å². The molecule has 0 saturated heterocycles. The monoisotopic (exact) mass is 485 g/mol. The summed E-state index contributed by atoms with van der Waals surface area (Å²) in [6.07, 6.45) is 3.83. The number of esters is 1. The van der Waals surface area contributed by atoms with E-state index in [-0.39, 0.29) is 52.4 Å². The number of carbonyl (C=O) groups is 1. The number of nitrogens with one attached hydrogen (secondary N) is 1. The van der Waals surface area contributed by atoms with Gasteiger partial charge in [-0.05, 0) is 31.7 Å². The summed E-state index contributed by atoms with van der Waals surface area (Å²) >= 11 is 0. The fraction of sp³-hybridized carbons (Fsp3) is 0.333. The van der Waals surface area contributed by atoms with Crippen LogP contribution in [0.1, 0.15) is 31.4 Å². The van der Waals surface area contributed by atoms with E-state index >= 15 is 0 Å². The molecule has 4 aromatic rings. The number of rotatable bonds is 4. The SMILES string of the molecule is CCOC(=O)[C@@H]1C=C2CC(C2)[C@H]1n1cc(F)c2cnc(-c3c[nH]c4ncc(C(F)(F)F)cc34)nc21. The summed E-state index contributed by atoms with van der Waals surface area (Å²) in [5.74, 6) is -1.24. The molecule has 0 amide bonds. The number of fused-ring (bicyclic) bond motifs is 4. The number of alkyl halides is 3. The molecule has 0 aliphatic heterocycles. The molecular formula is C24H19F4N5O2. The first-order chi connectivity index (χ1) is 16.7. The van der Waals surface area contributed by atoms with Crippen LogP contribution in [0.25, 0.3) is 33.5 Å². The highest BCUT2D eigenvalue weighted by Gasteiger charge is 2.45. The predicted octanol–water partition coefficient (Wildman–Crippen LogP) is 5.20. The molecule has 35 heavy (non-hydrogen) atoms. The molecule has 4 heterocycles. The maximum Gasteiger partial charge on any atom is 0.417 e. The highest BCUT2D eigenvalue weighted by molar-refractivity contribution is 5.93. The maximum atomic E-state index is 14.9. The quantitative estimate of drug-likeness (QED) is 0.244. The van der Waals surface area contributed by atoms with Crippen molar-refractivity contribution in [1.82, 2.24) is 24.5 Å². The van der Waals surface area contributed by atoms with E-state index in [4.69, 9.17) is 4.74 Å². The van der Waals surface area contributed by atoms with Crippen LogP contribution < -0.4 is 0 Å². The third-order valence-corrected chi connectivity index (χ3v) is 6.82. The van der Waals surface area contributed by atoms with E-state index in [9.17, 15) is 22.4 Å². The second-order valence-corrected chi connectivity index (χ2v) is 8.90. The number of nitrogens with zero attached hydrogens (tertiary/aromatic N) is 4. The van der Waals surface area contributed by atoms with Crippen molar-refractivity contribution in [1.29, 1.82) is 0 Å². The van der Waals surface area contributed by atoms with Gasteiger partial charge in [0, 0.05) is 35.7 Å². The molecule has 0 radical (unpaired) electrons. The lowest BCUT2D eigenvalue weighted by atomic mass is 9.65. The number of carbonyl (C=O) groups excluding carboxylic acids is 1. The van der Waals surface area contributed by atoms with Gasteiger partial charge in [0.15, 0.2) is 11.6 Å². The second-order valence-electron chi connectivity index (χ2n) is 8.90. The molecule has 180 valence electrons. The number of hydrogen-bond donors (Lipinski definition) is 1. The molecule has 11 heteroatoms. The summed E-state index contributed by atoms with van der Waals surface area (Å²) in [6.45, 7) is 1.96. The number of aromatic amines is 1. The molecule has 0 aromatic carbocycles. The third kappa shape index (κ3) is 3.40. The van der Waals surface area contributed by atoms with Gasteiger partial charge in [0.05, 0.1) is 29.5 Å². The average Bonchev–Trinajstić information content (AvgIpc) is 3.38. The Morgan fingerprint density at radius 1 is 1.23 bits per heavy atom. The number of hydrogen-bond acceptors (Lipinski definition) is 5. The van der Waals surface area contributed by atoms with Crippen molar-refractivity contribution in [3.05, 3.63) is 53.9 Å². The minimum Gasteiger partial charge on any atom is -0.465 e. The number of H-pyrrole nitrogens is 1. The Balaban J connectivity index is 1.49. The summed E-state index contributed by atoms with van der Waals surface area (Å²) in [5, 5.41) is 0.366. The van der Waals surface area contributed by atoms with Crippen molar-refractivity contribution in [3.8, 4) is 11.4 Å². The van der Waals surface area contributed by atoms with Gasteiger partial charge in [-0.25, -0.2) is 19.3 Å². The molecule has 4 aromatic heterocycles. The van der Waals surface area contributed by atoms with Crippen LogP contribution in [-0.2, 0) is 15.7 Å². The first kappa shape index (κ1) is 21.8. The van der Waals surface area contributed by atoms with Gasteiger partial charge in [0.1, 0.15) is 11.3 Å². The van der Waals surface area contributed by atoms with E-state index in [0.29, 0.717) is 5.56 Å². The van der Waals surface area contributed by atoms with Crippen molar-refractivity contribution in [2.24, 2.45) is 11.8 Å². The van der Waals surface area contributed by atoms with E-state index in [2.05, 4.69) is 19.9 Å². The molecule has 1 N–H and O–H groups in total. The van der Waals surface area contributed by atoms with Crippen LogP contribution in [0.4, 0.5) is 17.6 Å². The largest absolute Gasteiger partial charge is 0.465 e. The molecule has 7 rings (SSSR count). The molecule has 0 spiro atoms. The Kier molecular flexibility index (Phi) is 4.74. The van der Waals surface area contributed by atoms with Gasteiger partial charge in [0.25, 0.3) is 0 Å². The Hall–Kier alpha value is -3.76. The van der Waals surface area contributed by atoms with Crippen LogP contribution in [0, 0.1) is 17.7 Å². The standard InChI is InChI=1S/C24H19F4N5O2/c1-2-35-23(34)15-5-11-3-12(4-11)19(15)33-10-18(25)17-9-31-21(32-22(17)33)16-8-30-20-14(16)6-13(7-29-20)24(26,27)28/h5-10,12,15,19H,2-4H2,1H3,(H,29,30)/t15-,19-/m1/s1. The van der Waals surface area contributed by atoms with Crippen molar-refractivity contribution in [3.63, 3.8) is 0 Å². The molecule has 7 nitrogen and oxygen atoms in total.